The van der Waals surface area contributed by atoms with E-state index in [1.165, 1.54) is 6.92 Å². The highest BCUT2D eigenvalue weighted by Gasteiger charge is 2.38. The maximum atomic E-state index is 11.0. The predicted molar refractivity (Wildman–Crippen MR) is 52.5 cm³/mol. The van der Waals surface area contributed by atoms with E-state index >= 15 is 0 Å². The Bertz CT molecular complexity index is 242. The van der Waals surface area contributed by atoms with Crippen molar-refractivity contribution in [3.63, 3.8) is 0 Å². The second-order valence-electron chi connectivity index (χ2n) is 3.83. The number of nitrogens with zero attached hydrogens (tertiary/aromatic N) is 1. The summed E-state index contributed by atoms with van der Waals surface area (Å²) in [5.74, 6) is -0.310. The standard InChI is InChI=1S/C10H17NO3/c1-8(11-13)10(14-9(2)12)6-4-3-5-7-10/h13H,3-7H2,1-2H3. The SMILES string of the molecule is CC(=O)OC1(C(C)=NO)CCCCC1. The molecule has 0 atom stereocenters. The number of ether oxygens (including phenoxy) is 1. The first-order valence-corrected chi connectivity index (χ1v) is 4.99. The Labute approximate surface area is 83.9 Å². The van der Waals surface area contributed by atoms with E-state index in [1.807, 2.05) is 0 Å². The third-order valence-electron chi connectivity index (χ3n) is 2.81. The van der Waals surface area contributed by atoms with Crippen molar-refractivity contribution in [2.24, 2.45) is 5.16 Å². The third-order valence-corrected chi connectivity index (χ3v) is 2.81. The van der Waals surface area contributed by atoms with E-state index in [9.17, 15) is 4.79 Å². The molecule has 1 aliphatic carbocycles. The van der Waals surface area contributed by atoms with E-state index in [-0.39, 0.29) is 5.97 Å². The van der Waals surface area contributed by atoms with Crippen molar-refractivity contribution in [1.82, 2.24) is 0 Å². The lowest BCUT2D eigenvalue weighted by Gasteiger charge is -2.35. The molecule has 0 spiro atoms. The van der Waals surface area contributed by atoms with Crippen LogP contribution in [0.25, 0.3) is 0 Å². The monoisotopic (exact) mass is 199 g/mol. The molecule has 0 unspecified atom stereocenters. The molecule has 0 radical (unpaired) electrons. The Balaban J connectivity index is 2.82. The van der Waals surface area contributed by atoms with Crippen molar-refractivity contribution in [3.05, 3.63) is 0 Å². The second-order valence-corrected chi connectivity index (χ2v) is 3.83. The first-order valence-electron chi connectivity index (χ1n) is 4.99. The quantitative estimate of drug-likeness (QED) is 0.320. The molecule has 1 rings (SSSR count). The lowest BCUT2D eigenvalue weighted by atomic mass is 9.81. The Hall–Kier alpha value is -1.06. The highest BCUT2D eigenvalue weighted by Crippen LogP contribution is 2.33. The van der Waals surface area contributed by atoms with Gasteiger partial charge in [0.15, 0.2) is 5.60 Å². The lowest BCUT2D eigenvalue weighted by molar-refractivity contribution is -0.152. The number of oxime groups is 1. The van der Waals surface area contributed by atoms with Gasteiger partial charge < -0.3 is 9.94 Å². The first-order chi connectivity index (χ1) is 6.60. The van der Waals surface area contributed by atoms with Gasteiger partial charge >= 0.3 is 5.97 Å². The van der Waals surface area contributed by atoms with Gasteiger partial charge in [0.05, 0.1) is 5.71 Å². The maximum absolute atomic E-state index is 11.0. The van der Waals surface area contributed by atoms with Crippen LogP contribution in [0.15, 0.2) is 5.16 Å². The molecule has 0 aromatic heterocycles. The maximum Gasteiger partial charge on any atom is 0.303 e. The van der Waals surface area contributed by atoms with Crippen LogP contribution >= 0.6 is 0 Å². The van der Waals surface area contributed by atoms with Crippen molar-refractivity contribution in [1.29, 1.82) is 0 Å². The molecular formula is C10H17NO3. The van der Waals surface area contributed by atoms with Crippen molar-refractivity contribution >= 4 is 11.7 Å². The second kappa shape index (κ2) is 4.44. The largest absolute Gasteiger partial charge is 0.453 e. The molecule has 80 valence electrons. The van der Waals surface area contributed by atoms with E-state index in [0.717, 1.165) is 32.1 Å². The smallest absolute Gasteiger partial charge is 0.303 e. The number of esters is 1. The molecule has 0 bridgehead atoms. The number of carbonyl (C=O) groups is 1. The van der Waals surface area contributed by atoms with Gasteiger partial charge in [-0.15, -0.1) is 0 Å². The van der Waals surface area contributed by atoms with Gasteiger partial charge in [0.25, 0.3) is 0 Å². The van der Waals surface area contributed by atoms with Crippen LogP contribution < -0.4 is 0 Å². The summed E-state index contributed by atoms with van der Waals surface area (Å²) in [6.07, 6.45) is 4.72. The van der Waals surface area contributed by atoms with Crippen LogP contribution in [0.5, 0.6) is 0 Å². The average molecular weight is 199 g/mol. The molecular weight excluding hydrogens is 182 g/mol. The summed E-state index contributed by atoms with van der Waals surface area (Å²) in [5.41, 5.74) is -0.133. The van der Waals surface area contributed by atoms with Gasteiger partial charge in [-0.1, -0.05) is 11.6 Å². The minimum atomic E-state index is -0.640. The number of rotatable bonds is 2. The van der Waals surface area contributed by atoms with Crippen LogP contribution in [0.1, 0.15) is 46.0 Å². The van der Waals surface area contributed by atoms with Gasteiger partial charge in [0, 0.05) is 6.92 Å². The molecule has 4 nitrogen and oxygen atoms in total. The molecule has 0 amide bonds. The van der Waals surface area contributed by atoms with Gasteiger partial charge in [0.2, 0.25) is 0 Å². The molecule has 0 heterocycles. The van der Waals surface area contributed by atoms with Crippen LogP contribution in [-0.4, -0.2) is 22.5 Å². The Morgan fingerprint density at radius 1 is 1.29 bits per heavy atom. The Morgan fingerprint density at radius 2 is 1.86 bits per heavy atom. The van der Waals surface area contributed by atoms with E-state index in [0.29, 0.717) is 5.71 Å². The van der Waals surface area contributed by atoms with Gasteiger partial charge in [-0.2, -0.15) is 0 Å². The summed E-state index contributed by atoms with van der Waals surface area (Å²) >= 11 is 0. The summed E-state index contributed by atoms with van der Waals surface area (Å²) in [6.45, 7) is 3.09. The van der Waals surface area contributed by atoms with Crippen LogP contribution in [-0.2, 0) is 9.53 Å². The summed E-state index contributed by atoms with van der Waals surface area (Å²) in [4.78, 5) is 11.0. The van der Waals surface area contributed by atoms with Gasteiger partial charge in [-0.25, -0.2) is 0 Å². The van der Waals surface area contributed by atoms with Crippen LogP contribution in [0, 0.1) is 0 Å². The molecule has 0 aromatic carbocycles. The van der Waals surface area contributed by atoms with Gasteiger partial charge in [-0.05, 0) is 32.6 Å². The lowest BCUT2D eigenvalue weighted by Crippen LogP contribution is -2.43. The van der Waals surface area contributed by atoms with Gasteiger partial charge in [0.1, 0.15) is 0 Å². The first kappa shape index (κ1) is 11.0. The predicted octanol–water partition coefficient (Wildman–Crippen LogP) is 2.10. The molecule has 0 saturated heterocycles. The van der Waals surface area contributed by atoms with Crippen molar-refractivity contribution < 1.29 is 14.7 Å². The highest BCUT2D eigenvalue weighted by molar-refractivity contribution is 5.91. The van der Waals surface area contributed by atoms with E-state index in [1.54, 1.807) is 6.92 Å². The minimum Gasteiger partial charge on any atom is -0.453 e. The highest BCUT2D eigenvalue weighted by atomic mass is 16.6. The molecule has 1 N–H and O–H groups in total. The topological polar surface area (TPSA) is 58.9 Å². The number of hydrogen-bond acceptors (Lipinski definition) is 4. The molecule has 0 aromatic rings. The van der Waals surface area contributed by atoms with E-state index < -0.39 is 5.60 Å². The summed E-state index contributed by atoms with van der Waals surface area (Å²) in [7, 11) is 0. The summed E-state index contributed by atoms with van der Waals surface area (Å²) < 4.78 is 5.30. The Kier molecular flexibility index (Phi) is 3.49. The number of carbonyl (C=O) groups excluding carboxylic acids is 1. The zero-order valence-corrected chi connectivity index (χ0v) is 8.75. The Morgan fingerprint density at radius 3 is 2.29 bits per heavy atom. The molecule has 0 aliphatic heterocycles. The zero-order valence-electron chi connectivity index (χ0n) is 8.75. The van der Waals surface area contributed by atoms with Crippen LogP contribution in [0.2, 0.25) is 0 Å². The van der Waals surface area contributed by atoms with Crippen molar-refractivity contribution in [3.8, 4) is 0 Å². The molecule has 1 saturated carbocycles. The van der Waals surface area contributed by atoms with E-state index in [2.05, 4.69) is 5.16 Å². The fraction of sp³-hybridized carbons (Fsp3) is 0.800. The molecule has 1 fully saturated rings. The van der Waals surface area contributed by atoms with Crippen LogP contribution in [0.3, 0.4) is 0 Å². The normalized spacial score (nSPS) is 21.7. The van der Waals surface area contributed by atoms with Crippen molar-refractivity contribution in [2.75, 3.05) is 0 Å². The van der Waals surface area contributed by atoms with Crippen molar-refractivity contribution in [2.45, 2.75) is 51.6 Å². The van der Waals surface area contributed by atoms with E-state index in [4.69, 9.17) is 9.94 Å². The number of hydrogen-bond donors (Lipinski definition) is 1. The average Bonchev–Trinajstić information content (AvgIpc) is 2.17. The van der Waals surface area contributed by atoms with Crippen LogP contribution in [0.4, 0.5) is 0 Å². The molecule has 14 heavy (non-hydrogen) atoms. The zero-order chi connectivity index (χ0) is 10.6. The third kappa shape index (κ3) is 2.25. The fourth-order valence-electron chi connectivity index (χ4n) is 2.03. The molecule has 1 aliphatic rings. The minimum absolute atomic E-state index is 0.310. The fourth-order valence-corrected chi connectivity index (χ4v) is 2.03. The summed E-state index contributed by atoms with van der Waals surface area (Å²) in [5, 5.41) is 11.9. The summed E-state index contributed by atoms with van der Waals surface area (Å²) in [6, 6.07) is 0. The molecule has 4 heteroatoms. The van der Waals surface area contributed by atoms with Gasteiger partial charge in [-0.3, -0.25) is 4.79 Å².